The highest BCUT2D eigenvalue weighted by Crippen LogP contribution is 2.60. The van der Waals surface area contributed by atoms with Crippen LogP contribution in [-0.4, -0.2) is 23.1 Å². The summed E-state index contributed by atoms with van der Waals surface area (Å²) < 4.78 is 5.53. The number of carboxylic acids is 1. The number of rotatable bonds is 2. The van der Waals surface area contributed by atoms with Gasteiger partial charge in [-0.3, -0.25) is 9.59 Å². The van der Waals surface area contributed by atoms with E-state index in [1.54, 1.807) is 0 Å². The van der Waals surface area contributed by atoms with Crippen molar-refractivity contribution in [2.24, 2.45) is 29.1 Å². The molecular weight excluding hydrogens is 244 g/mol. The van der Waals surface area contributed by atoms with E-state index in [-0.39, 0.29) is 35.2 Å². The van der Waals surface area contributed by atoms with Crippen LogP contribution < -0.4 is 0 Å². The van der Waals surface area contributed by atoms with E-state index in [4.69, 9.17) is 4.74 Å². The number of ether oxygens (including phenoxy) is 1. The normalized spacial score (nSPS) is 50.5. The lowest BCUT2D eigenvalue weighted by molar-refractivity contribution is -0.146. The molecule has 0 aromatic carbocycles. The minimum atomic E-state index is -0.673. The number of hydrogen-bond acceptors (Lipinski definition) is 3. The van der Waals surface area contributed by atoms with Gasteiger partial charge in [-0.2, -0.15) is 0 Å². The van der Waals surface area contributed by atoms with Crippen LogP contribution >= 0.6 is 0 Å². The third-order valence-corrected chi connectivity index (χ3v) is 5.86. The molecule has 3 fully saturated rings. The third kappa shape index (κ3) is 1.46. The predicted molar refractivity (Wildman–Crippen MR) is 66.1 cm³/mol. The van der Waals surface area contributed by atoms with Crippen molar-refractivity contribution in [3.8, 4) is 0 Å². The predicted octanol–water partition coefficient (Wildman–Crippen LogP) is 2.00. The van der Waals surface area contributed by atoms with Crippen molar-refractivity contribution >= 4 is 11.9 Å². The molecule has 1 heterocycles. The molecule has 2 saturated carbocycles. The molecule has 0 radical (unpaired) electrons. The van der Waals surface area contributed by atoms with E-state index in [2.05, 4.69) is 12.2 Å². The standard InChI is InChI=1S/C15H18O4/c16-13(17)10-7-15(4-3-9(10)6-15)11-2-1-8-5-12(11)19-14(8)18/h3-4,8-12H,1-2,5-7H2,(H,16,17). The van der Waals surface area contributed by atoms with Gasteiger partial charge in [-0.05, 0) is 43.4 Å². The number of fused-ring (bicyclic) bond motifs is 4. The van der Waals surface area contributed by atoms with Crippen molar-refractivity contribution in [1.82, 2.24) is 0 Å². The smallest absolute Gasteiger partial charge is 0.309 e. The maximum atomic E-state index is 11.7. The van der Waals surface area contributed by atoms with Crippen LogP contribution in [0.15, 0.2) is 12.2 Å². The summed E-state index contributed by atoms with van der Waals surface area (Å²) in [5.41, 5.74) is -0.0199. The Morgan fingerprint density at radius 1 is 1.37 bits per heavy atom. The molecule has 3 aliphatic carbocycles. The number of aliphatic carboxylic acids is 1. The monoisotopic (exact) mass is 262 g/mol. The fourth-order valence-electron chi connectivity index (χ4n) is 4.95. The average Bonchev–Trinajstić information content (AvgIpc) is 3.04. The number of esters is 1. The van der Waals surface area contributed by atoms with Crippen molar-refractivity contribution < 1.29 is 19.4 Å². The lowest BCUT2D eigenvalue weighted by atomic mass is 9.65. The van der Waals surface area contributed by atoms with Crippen molar-refractivity contribution in [2.45, 2.75) is 38.2 Å². The van der Waals surface area contributed by atoms with E-state index in [0.29, 0.717) is 5.92 Å². The molecule has 4 heteroatoms. The molecule has 4 nitrogen and oxygen atoms in total. The van der Waals surface area contributed by atoms with Gasteiger partial charge in [0.15, 0.2) is 0 Å². The van der Waals surface area contributed by atoms with E-state index < -0.39 is 5.97 Å². The molecule has 0 amide bonds. The Balaban J connectivity index is 1.62. The maximum Gasteiger partial charge on any atom is 0.309 e. The molecule has 0 aromatic heterocycles. The Morgan fingerprint density at radius 2 is 2.21 bits per heavy atom. The molecule has 0 aromatic rings. The zero-order chi connectivity index (χ0) is 13.2. The van der Waals surface area contributed by atoms with Gasteiger partial charge in [0.2, 0.25) is 0 Å². The maximum absolute atomic E-state index is 11.7. The Bertz CT molecular complexity index is 483. The van der Waals surface area contributed by atoms with Crippen LogP contribution in [-0.2, 0) is 14.3 Å². The van der Waals surface area contributed by atoms with Gasteiger partial charge in [0.05, 0.1) is 11.8 Å². The third-order valence-electron chi connectivity index (χ3n) is 5.86. The summed E-state index contributed by atoms with van der Waals surface area (Å²) in [5.74, 6) is -0.313. The molecule has 4 rings (SSSR count). The summed E-state index contributed by atoms with van der Waals surface area (Å²) in [7, 11) is 0. The first-order valence-corrected chi connectivity index (χ1v) is 7.22. The fourth-order valence-corrected chi connectivity index (χ4v) is 4.95. The summed E-state index contributed by atoms with van der Waals surface area (Å²) in [6.45, 7) is 0. The number of carbonyl (C=O) groups excluding carboxylic acids is 1. The lowest BCUT2D eigenvalue weighted by Crippen LogP contribution is -2.37. The molecule has 102 valence electrons. The highest BCUT2D eigenvalue weighted by atomic mass is 16.6. The molecule has 19 heavy (non-hydrogen) atoms. The van der Waals surface area contributed by atoms with Gasteiger partial charge in [0.25, 0.3) is 0 Å². The first-order chi connectivity index (χ1) is 9.09. The first kappa shape index (κ1) is 11.5. The summed E-state index contributed by atoms with van der Waals surface area (Å²) in [6.07, 6.45) is 8.78. The second kappa shape index (κ2) is 3.62. The molecular formula is C15H18O4. The topological polar surface area (TPSA) is 63.6 Å². The van der Waals surface area contributed by atoms with E-state index in [9.17, 15) is 14.7 Å². The van der Waals surface area contributed by atoms with Crippen LogP contribution in [0, 0.1) is 29.1 Å². The van der Waals surface area contributed by atoms with Gasteiger partial charge in [0, 0.05) is 5.92 Å². The van der Waals surface area contributed by atoms with Gasteiger partial charge in [-0.15, -0.1) is 0 Å². The molecule has 1 aliphatic heterocycles. The lowest BCUT2D eigenvalue weighted by Gasteiger charge is -2.39. The Labute approximate surface area is 111 Å². The largest absolute Gasteiger partial charge is 0.481 e. The highest BCUT2D eigenvalue weighted by Gasteiger charge is 2.58. The van der Waals surface area contributed by atoms with E-state index in [1.165, 1.54) is 0 Å². The minimum absolute atomic E-state index is 0.0199. The second-order valence-corrected chi connectivity index (χ2v) is 6.70. The zero-order valence-electron chi connectivity index (χ0n) is 10.7. The van der Waals surface area contributed by atoms with E-state index in [0.717, 1.165) is 32.1 Å². The van der Waals surface area contributed by atoms with Crippen molar-refractivity contribution in [1.29, 1.82) is 0 Å². The number of hydrogen-bond donors (Lipinski definition) is 1. The Morgan fingerprint density at radius 3 is 2.95 bits per heavy atom. The first-order valence-electron chi connectivity index (χ1n) is 7.22. The van der Waals surface area contributed by atoms with Crippen LogP contribution in [0.5, 0.6) is 0 Å². The molecule has 6 atom stereocenters. The van der Waals surface area contributed by atoms with Crippen molar-refractivity contribution in [3.63, 3.8) is 0 Å². The molecule has 0 spiro atoms. The number of allylic oxidation sites excluding steroid dienone is 2. The van der Waals surface area contributed by atoms with Gasteiger partial charge >= 0.3 is 11.9 Å². The van der Waals surface area contributed by atoms with Crippen LogP contribution in [0.3, 0.4) is 0 Å². The Kier molecular flexibility index (Phi) is 2.19. The van der Waals surface area contributed by atoms with Gasteiger partial charge in [0.1, 0.15) is 6.10 Å². The highest BCUT2D eigenvalue weighted by molar-refractivity contribution is 5.75. The number of carboxylic acid groups (broad SMARTS) is 1. The quantitative estimate of drug-likeness (QED) is 0.610. The van der Waals surface area contributed by atoms with Crippen molar-refractivity contribution in [3.05, 3.63) is 12.2 Å². The van der Waals surface area contributed by atoms with Crippen molar-refractivity contribution in [2.75, 3.05) is 0 Å². The minimum Gasteiger partial charge on any atom is -0.481 e. The van der Waals surface area contributed by atoms with Crippen LogP contribution in [0.4, 0.5) is 0 Å². The van der Waals surface area contributed by atoms with Gasteiger partial charge in [-0.25, -0.2) is 0 Å². The molecule has 1 saturated heterocycles. The molecule has 4 bridgehead atoms. The summed E-state index contributed by atoms with van der Waals surface area (Å²) in [5, 5.41) is 9.30. The molecule has 4 aliphatic rings. The SMILES string of the molecule is O=C1OC2CC1CCC2C12C=CC(C1)C(C(=O)O)C2. The Hall–Kier alpha value is -1.32. The second-order valence-electron chi connectivity index (χ2n) is 6.70. The van der Waals surface area contributed by atoms with Gasteiger partial charge < -0.3 is 9.84 Å². The van der Waals surface area contributed by atoms with E-state index >= 15 is 0 Å². The zero-order valence-corrected chi connectivity index (χ0v) is 10.7. The van der Waals surface area contributed by atoms with Crippen LogP contribution in [0.1, 0.15) is 32.1 Å². The summed E-state index contributed by atoms with van der Waals surface area (Å²) in [6, 6.07) is 0. The molecule has 6 unspecified atom stereocenters. The van der Waals surface area contributed by atoms with Crippen LogP contribution in [0.2, 0.25) is 0 Å². The van der Waals surface area contributed by atoms with Gasteiger partial charge in [-0.1, -0.05) is 12.2 Å². The molecule has 1 N–H and O–H groups in total. The van der Waals surface area contributed by atoms with E-state index in [1.807, 2.05) is 0 Å². The summed E-state index contributed by atoms with van der Waals surface area (Å²) >= 11 is 0. The number of carbonyl (C=O) groups is 2. The summed E-state index contributed by atoms with van der Waals surface area (Å²) in [4.78, 5) is 23.0. The van der Waals surface area contributed by atoms with Crippen LogP contribution in [0.25, 0.3) is 0 Å². The average molecular weight is 262 g/mol. The fraction of sp³-hybridized carbons (Fsp3) is 0.733.